The van der Waals surface area contributed by atoms with Gasteiger partial charge in [-0.05, 0) is 51.1 Å². The third-order valence-corrected chi connectivity index (χ3v) is 5.57. The zero-order valence-electron chi connectivity index (χ0n) is 13.9. The molecule has 1 aromatic carbocycles. The van der Waals surface area contributed by atoms with Gasteiger partial charge in [-0.15, -0.1) is 12.4 Å². The molecule has 134 valence electrons. The number of likely N-dealkylation sites (N-methyl/N-ethyl adjacent to an activating group) is 1. The second-order valence-corrected chi connectivity index (χ2v) is 6.89. The fourth-order valence-corrected chi connectivity index (χ4v) is 4.10. The number of aromatic hydroxyl groups is 1. The van der Waals surface area contributed by atoms with Crippen LogP contribution in [0.4, 0.5) is 5.69 Å². The average molecular weight is 356 g/mol. The molecule has 2 saturated heterocycles. The van der Waals surface area contributed by atoms with Crippen LogP contribution in [0.25, 0.3) is 0 Å². The van der Waals surface area contributed by atoms with Gasteiger partial charge in [-0.1, -0.05) is 0 Å². The smallest absolute Gasteiger partial charge is 0.256 e. The normalized spacial score (nSPS) is 27.2. The van der Waals surface area contributed by atoms with E-state index in [1.165, 1.54) is 12.1 Å². The average Bonchev–Trinajstić information content (AvgIpc) is 2.56. The number of rotatable bonds is 2. The quantitative estimate of drug-likeness (QED) is 0.550. The van der Waals surface area contributed by atoms with E-state index in [4.69, 9.17) is 5.73 Å². The van der Waals surface area contributed by atoms with Gasteiger partial charge in [0.15, 0.2) is 0 Å². The SMILES string of the molecule is CN1CCC[C@]2(CO)CCN(C(=O)c3cc(O)ccc3N)C[C@@H]12.Cl. The molecule has 0 aromatic heterocycles. The molecule has 1 amide bonds. The van der Waals surface area contributed by atoms with Crippen molar-refractivity contribution < 1.29 is 15.0 Å². The monoisotopic (exact) mass is 355 g/mol. The van der Waals surface area contributed by atoms with Crippen molar-refractivity contribution in [1.82, 2.24) is 9.80 Å². The van der Waals surface area contributed by atoms with Crippen molar-refractivity contribution in [2.75, 3.05) is 39.0 Å². The van der Waals surface area contributed by atoms with Gasteiger partial charge in [-0.25, -0.2) is 0 Å². The van der Waals surface area contributed by atoms with E-state index in [2.05, 4.69) is 11.9 Å². The molecule has 4 N–H and O–H groups in total. The zero-order valence-corrected chi connectivity index (χ0v) is 14.8. The summed E-state index contributed by atoms with van der Waals surface area (Å²) in [5.74, 6) is -0.108. The lowest BCUT2D eigenvalue weighted by Gasteiger charge is -2.53. The third-order valence-electron chi connectivity index (χ3n) is 5.57. The van der Waals surface area contributed by atoms with Gasteiger partial charge in [-0.2, -0.15) is 0 Å². The summed E-state index contributed by atoms with van der Waals surface area (Å²) in [5, 5.41) is 19.6. The molecule has 24 heavy (non-hydrogen) atoms. The molecule has 1 aromatic rings. The molecule has 3 rings (SSSR count). The van der Waals surface area contributed by atoms with Crippen LogP contribution < -0.4 is 5.73 Å². The van der Waals surface area contributed by atoms with E-state index in [0.717, 1.165) is 25.8 Å². The summed E-state index contributed by atoms with van der Waals surface area (Å²) in [6.07, 6.45) is 2.89. The highest BCUT2D eigenvalue weighted by Crippen LogP contribution is 2.41. The predicted molar refractivity (Wildman–Crippen MR) is 95.5 cm³/mol. The number of carbonyl (C=O) groups is 1. The molecule has 2 atom stereocenters. The summed E-state index contributed by atoms with van der Waals surface area (Å²) >= 11 is 0. The molecule has 0 radical (unpaired) electrons. The van der Waals surface area contributed by atoms with E-state index in [0.29, 0.717) is 24.3 Å². The fraction of sp³-hybridized carbons (Fsp3) is 0.588. The first kappa shape index (κ1) is 18.8. The molecule has 7 heteroatoms. The third kappa shape index (κ3) is 3.18. The number of benzene rings is 1. The highest BCUT2D eigenvalue weighted by Gasteiger charge is 2.47. The standard InChI is InChI=1S/C17H25N3O3.ClH/c1-19-7-2-5-17(11-21)6-8-20(10-15(17)19)16(23)13-9-12(22)3-4-14(13)18;/h3-4,9,15,21-22H,2,5-8,10-11,18H2,1H3;1H/t15-,17-;/m1./s1. The highest BCUT2D eigenvalue weighted by atomic mass is 35.5. The number of piperidine rings is 2. The summed E-state index contributed by atoms with van der Waals surface area (Å²) in [6, 6.07) is 4.62. The van der Waals surface area contributed by atoms with Crippen molar-refractivity contribution in [3.05, 3.63) is 23.8 Å². The first-order valence-electron chi connectivity index (χ1n) is 8.16. The molecule has 0 aliphatic carbocycles. The number of nitrogens with zero attached hydrogens (tertiary/aromatic N) is 2. The largest absolute Gasteiger partial charge is 0.508 e. The number of nitrogen functional groups attached to an aromatic ring is 1. The summed E-state index contributed by atoms with van der Waals surface area (Å²) in [6.45, 7) is 2.35. The predicted octanol–water partition coefficient (Wildman–Crippen LogP) is 1.31. The minimum absolute atomic E-state index is 0. The van der Waals surface area contributed by atoms with Crippen LogP contribution in [-0.4, -0.2) is 65.3 Å². The van der Waals surface area contributed by atoms with Crippen LogP contribution in [0.15, 0.2) is 18.2 Å². The van der Waals surface area contributed by atoms with E-state index in [-0.39, 0.29) is 42.1 Å². The van der Waals surface area contributed by atoms with Crippen molar-refractivity contribution in [1.29, 1.82) is 0 Å². The number of aliphatic hydroxyl groups excluding tert-OH is 1. The number of phenols is 1. The molecule has 0 saturated carbocycles. The molecule has 0 unspecified atom stereocenters. The van der Waals surface area contributed by atoms with Gasteiger partial charge in [0.25, 0.3) is 5.91 Å². The number of halogens is 1. The summed E-state index contributed by atoms with van der Waals surface area (Å²) in [4.78, 5) is 16.9. The summed E-state index contributed by atoms with van der Waals surface area (Å²) in [5.41, 5.74) is 6.52. The van der Waals surface area contributed by atoms with Gasteiger partial charge < -0.3 is 25.7 Å². The lowest BCUT2D eigenvalue weighted by Crippen LogP contribution is -2.62. The fourth-order valence-electron chi connectivity index (χ4n) is 4.10. The van der Waals surface area contributed by atoms with Crippen molar-refractivity contribution in [2.24, 2.45) is 5.41 Å². The van der Waals surface area contributed by atoms with Crippen LogP contribution in [0.2, 0.25) is 0 Å². The number of amides is 1. The van der Waals surface area contributed by atoms with Crippen LogP contribution in [0.1, 0.15) is 29.6 Å². The lowest BCUT2D eigenvalue weighted by atomic mass is 9.69. The second kappa shape index (κ2) is 7.17. The molecule has 2 aliphatic heterocycles. The number of anilines is 1. The molecule has 0 bridgehead atoms. The molecular weight excluding hydrogens is 330 g/mol. The molecule has 2 fully saturated rings. The Morgan fingerprint density at radius 2 is 2.12 bits per heavy atom. The van der Waals surface area contributed by atoms with Crippen LogP contribution in [0, 0.1) is 5.41 Å². The Morgan fingerprint density at radius 1 is 1.38 bits per heavy atom. The first-order valence-corrected chi connectivity index (χ1v) is 8.16. The Morgan fingerprint density at radius 3 is 2.83 bits per heavy atom. The van der Waals surface area contributed by atoms with Crippen molar-refractivity contribution in [3.63, 3.8) is 0 Å². The van der Waals surface area contributed by atoms with Gasteiger partial charge in [0.1, 0.15) is 5.75 Å². The van der Waals surface area contributed by atoms with E-state index in [9.17, 15) is 15.0 Å². The minimum Gasteiger partial charge on any atom is -0.508 e. The van der Waals surface area contributed by atoms with Gasteiger partial charge in [0.05, 0.1) is 12.2 Å². The minimum atomic E-state index is -0.149. The number of hydrogen-bond donors (Lipinski definition) is 3. The van der Waals surface area contributed by atoms with Crippen LogP contribution in [-0.2, 0) is 0 Å². The molecule has 6 nitrogen and oxygen atoms in total. The first-order chi connectivity index (χ1) is 11.0. The lowest BCUT2D eigenvalue weighted by molar-refractivity contribution is -0.0601. The van der Waals surface area contributed by atoms with E-state index in [1.807, 2.05) is 0 Å². The maximum absolute atomic E-state index is 12.8. The summed E-state index contributed by atoms with van der Waals surface area (Å²) in [7, 11) is 2.06. The maximum Gasteiger partial charge on any atom is 0.256 e. The molecular formula is C17H26ClN3O3. The van der Waals surface area contributed by atoms with Gasteiger partial charge in [0, 0.05) is 30.2 Å². The number of carbonyl (C=O) groups excluding carboxylic acids is 1. The van der Waals surface area contributed by atoms with Crippen LogP contribution in [0.3, 0.4) is 0 Å². The number of fused-ring (bicyclic) bond motifs is 1. The topological polar surface area (TPSA) is 90.0 Å². The number of likely N-dealkylation sites (tertiary alicyclic amines) is 2. The van der Waals surface area contributed by atoms with Gasteiger partial charge >= 0.3 is 0 Å². The molecule has 2 aliphatic rings. The van der Waals surface area contributed by atoms with Crippen molar-refractivity contribution in [2.45, 2.75) is 25.3 Å². The van der Waals surface area contributed by atoms with Crippen molar-refractivity contribution >= 4 is 24.0 Å². The van der Waals surface area contributed by atoms with E-state index < -0.39 is 0 Å². The Kier molecular flexibility index (Phi) is 5.63. The van der Waals surface area contributed by atoms with E-state index in [1.54, 1.807) is 11.0 Å². The number of nitrogens with two attached hydrogens (primary N) is 1. The maximum atomic E-state index is 12.8. The van der Waals surface area contributed by atoms with Gasteiger partial charge in [-0.3, -0.25) is 4.79 Å². The van der Waals surface area contributed by atoms with Crippen LogP contribution >= 0.6 is 12.4 Å². The molecule has 0 spiro atoms. The Bertz CT molecular complexity index is 613. The Hall–Kier alpha value is -1.50. The van der Waals surface area contributed by atoms with Gasteiger partial charge in [0.2, 0.25) is 0 Å². The van der Waals surface area contributed by atoms with Crippen LogP contribution in [0.5, 0.6) is 5.75 Å². The highest BCUT2D eigenvalue weighted by molar-refractivity contribution is 5.99. The summed E-state index contributed by atoms with van der Waals surface area (Å²) < 4.78 is 0. The Balaban J connectivity index is 0.00000208. The zero-order chi connectivity index (χ0) is 16.6. The van der Waals surface area contributed by atoms with E-state index >= 15 is 0 Å². The van der Waals surface area contributed by atoms with Crippen molar-refractivity contribution in [3.8, 4) is 5.75 Å². The number of phenolic OH excluding ortho intramolecular Hbond substituents is 1. The Labute approximate surface area is 148 Å². The molecule has 2 heterocycles. The number of aliphatic hydroxyl groups is 1. The number of hydrogen-bond acceptors (Lipinski definition) is 5. The second-order valence-electron chi connectivity index (χ2n) is 6.89.